The first kappa shape index (κ1) is 17.1. The van der Waals surface area contributed by atoms with E-state index in [2.05, 4.69) is 24.0 Å². The van der Waals surface area contributed by atoms with Gasteiger partial charge < -0.3 is 0 Å². The van der Waals surface area contributed by atoms with Crippen LogP contribution in [0, 0.1) is 6.92 Å². The van der Waals surface area contributed by atoms with Crippen molar-refractivity contribution in [2.45, 2.75) is 57.5 Å². The lowest BCUT2D eigenvalue weighted by molar-refractivity contribution is 0.103. The molecule has 1 saturated heterocycles. The molecular weight excluding hydrogens is 354 g/mol. The van der Waals surface area contributed by atoms with Crippen LogP contribution in [0.1, 0.15) is 49.1 Å². The zero-order valence-electron chi connectivity index (χ0n) is 15.9. The highest BCUT2D eigenvalue weighted by Crippen LogP contribution is 2.44. The van der Waals surface area contributed by atoms with Gasteiger partial charge in [0.25, 0.3) is 5.56 Å². The minimum absolute atomic E-state index is 0.00579. The Morgan fingerprint density at radius 1 is 1.19 bits per heavy atom. The Morgan fingerprint density at radius 3 is 2.81 bits per heavy atom. The van der Waals surface area contributed by atoms with Crippen LogP contribution in [0.5, 0.6) is 0 Å². The molecule has 1 aliphatic heterocycles. The highest BCUT2D eigenvalue weighted by molar-refractivity contribution is 7.18. The Morgan fingerprint density at radius 2 is 2.04 bits per heavy atom. The first-order valence-corrected chi connectivity index (χ1v) is 10.8. The summed E-state index contributed by atoms with van der Waals surface area (Å²) in [6.45, 7) is 5.65. The fourth-order valence-corrected chi connectivity index (χ4v) is 5.74. The van der Waals surface area contributed by atoms with Gasteiger partial charge in [0.05, 0.1) is 20.9 Å². The van der Waals surface area contributed by atoms with Crippen molar-refractivity contribution in [3.8, 4) is 5.69 Å². The largest absolute Gasteiger partial charge is 0.298 e. The van der Waals surface area contributed by atoms with Gasteiger partial charge in [-0.15, -0.1) is 11.3 Å². The standard InChI is InChI=1S/C22H25N3OS/c1-14-5-8-21(26)25(13-14)17-6-7-19-20(12-17)27-22(23-19)16-10-18(11-16)24-9-3-4-15(24)2/h5-8,12-13,15-16,18H,3-4,9-11H2,1-2H3/t15-,16-,18-/m1/s1. The van der Waals surface area contributed by atoms with E-state index in [1.807, 2.05) is 25.3 Å². The smallest absolute Gasteiger partial charge is 0.255 e. The van der Waals surface area contributed by atoms with Gasteiger partial charge in [-0.2, -0.15) is 0 Å². The van der Waals surface area contributed by atoms with Gasteiger partial charge in [-0.3, -0.25) is 14.3 Å². The fraction of sp³-hybridized carbons (Fsp3) is 0.455. The maximum atomic E-state index is 12.2. The van der Waals surface area contributed by atoms with Gasteiger partial charge in [0, 0.05) is 30.3 Å². The first-order chi connectivity index (χ1) is 13.1. The van der Waals surface area contributed by atoms with E-state index >= 15 is 0 Å². The fourth-order valence-electron chi connectivity index (χ4n) is 4.61. The molecule has 3 heterocycles. The van der Waals surface area contributed by atoms with Gasteiger partial charge >= 0.3 is 0 Å². The Balaban J connectivity index is 1.39. The molecule has 0 unspecified atom stereocenters. The molecule has 3 aromatic rings. The summed E-state index contributed by atoms with van der Waals surface area (Å²) in [7, 11) is 0. The van der Waals surface area contributed by atoms with Gasteiger partial charge in [0.15, 0.2) is 0 Å². The van der Waals surface area contributed by atoms with Crippen molar-refractivity contribution in [2.24, 2.45) is 0 Å². The Bertz CT molecular complexity index is 1050. The quantitative estimate of drug-likeness (QED) is 0.673. The third kappa shape index (κ3) is 3.03. The molecule has 0 N–H and O–H groups in total. The summed E-state index contributed by atoms with van der Waals surface area (Å²) in [5.41, 5.74) is 3.06. The third-order valence-electron chi connectivity index (χ3n) is 6.26. The molecule has 1 aliphatic carbocycles. The summed E-state index contributed by atoms with van der Waals surface area (Å²) in [4.78, 5) is 19.8. The number of likely N-dealkylation sites (tertiary alicyclic amines) is 1. The maximum Gasteiger partial charge on any atom is 0.255 e. The van der Waals surface area contributed by atoms with Crippen molar-refractivity contribution in [3.63, 3.8) is 0 Å². The van der Waals surface area contributed by atoms with Crippen molar-refractivity contribution in [1.29, 1.82) is 0 Å². The van der Waals surface area contributed by atoms with Crippen LogP contribution < -0.4 is 5.56 Å². The van der Waals surface area contributed by atoms with Crippen molar-refractivity contribution in [3.05, 3.63) is 57.5 Å². The Labute approximate surface area is 163 Å². The van der Waals surface area contributed by atoms with Gasteiger partial charge in [-0.05, 0) is 69.8 Å². The maximum absolute atomic E-state index is 12.2. The predicted octanol–water partition coefficient (Wildman–Crippen LogP) is 4.49. The molecule has 0 bridgehead atoms. The third-order valence-corrected chi connectivity index (χ3v) is 7.44. The number of rotatable bonds is 3. The summed E-state index contributed by atoms with van der Waals surface area (Å²) < 4.78 is 2.90. The molecule has 5 rings (SSSR count). The molecule has 5 heteroatoms. The molecule has 2 fully saturated rings. The van der Waals surface area contributed by atoms with E-state index in [1.165, 1.54) is 41.9 Å². The number of hydrogen-bond donors (Lipinski definition) is 0. The van der Waals surface area contributed by atoms with Gasteiger partial charge in [0.2, 0.25) is 0 Å². The molecule has 1 atom stereocenters. The van der Waals surface area contributed by atoms with Crippen LogP contribution in [0.25, 0.3) is 15.9 Å². The van der Waals surface area contributed by atoms with Crippen molar-refractivity contribution in [2.75, 3.05) is 6.54 Å². The molecule has 2 aliphatic rings. The Hall–Kier alpha value is -1.98. The second-order valence-corrected chi connectivity index (χ2v) is 9.23. The van der Waals surface area contributed by atoms with Gasteiger partial charge in [0.1, 0.15) is 0 Å². The number of nitrogens with zero attached hydrogens (tertiary/aromatic N) is 3. The lowest BCUT2D eigenvalue weighted by Crippen LogP contribution is -2.45. The molecule has 140 valence electrons. The minimum atomic E-state index is 0.00579. The number of benzene rings is 1. The molecule has 2 aromatic heterocycles. The zero-order valence-corrected chi connectivity index (χ0v) is 16.7. The molecule has 0 radical (unpaired) electrons. The average Bonchev–Trinajstić information content (AvgIpc) is 3.21. The summed E-state index contributed by atoms with van der Waals surface area (Å²) in [5.74, 6) is 0.602. The number of aryl methyl sites for hydroxylation is 1. The summed E-state index contributed by atoms with van der Waals surface area (Å²) >= 11 is 1.80. The lowest BCUT2D eigenvalue weighted by Gasteiger charge is -2.42. The van der Waals surface area contributed by atoms with Crippen molar-refractivity contribution >= 4 is 21.6 Å². The van der Waals surface area contributed by atoms with Crippen LogP contribution in [0.15, 0.2) is 41.3 Å². The van der Waals surface area contributed by atoms with E-state index in [1.54, 1.807) is 22.0 Å². The second-order valence-electron chi connectivity index (χ2n) is 8.17. The average molecular weight is 380 g/mol. The van der Waals surface area contributed by atoms with E-state index in [4.69, 9.17) is 4.98 Å². The predicted molar refractivity (Wildman–Crippen MR) is 111 cm³/mol. The summed E-state index contributed by atoms with van der Waals surface area (Å²) in [6, 6.07) is 11.2. The van der Waals surface area contributed by atoms with Crippen LogP contribution in [0.2, 0.25) is 0 Å². The number of fused-ring (bicyclic) bond motifs is 1. The zero-order chi connectivity index (χ0) is 18.5. The molecule has 27 heavy (non-hydrogen) atoms. The van der Waals surface area contributed by atoms with E-state index in [9.17, 15) is 4.79 Å². The first-order valence-electron chi connectivity index (χ1n) is 9.94. The van der Waals surface area contributed by atoms with E-state index in [0.29, 0.717) is 5.92 Å². The summed E-state index contributed by atoms with van der Waals surface area (Å²) in [6.07, 6.45) is 7.09. The minimum Gasteiger partial charge on any atom is -0.298 e. The normalized spacial score (nSPS) is 25.8. The molecule has 1 aromatic carbocycles. The molecule has 1 saturated carbocycles. The topological polar surface area (TPSA) is 38.1 Å². The number of pyridine rings is 1. The molecule has 4 nitrogen and oxygen atoms in total. The van der Waals surface area contributed by atoms with E-state index < -0.39 is 0 Å². The van der Waals surface area contributed by atoms with Crippen LogP contribution in [-0.2, 0) is 0 Å². The van der Waals surface area contributed by atoms with Crippen molar-refractivity contribution < 1.29 is 0 Å². The summed E-state index contributed by atoms with van der Waals surface area (Å²) in [5, 5.41) is 1.27. The van der Waals surface area contributed by atoms with Crippen LogP contribution >= 0.6 is 11.3 Å². The highest BCUT2D eigenvalue weighted by atomic mass is 32.1. The van der Waals surface area contributed by atoms with Crippen LogP contribution in [-0.4, -0.2) is 33.1 Å². The van der Waals surface area contributed by atoms with Gasteiger partial charge in [-0.1, -0.05) is 6.07 Å². The number of aromatic nitrogens is 2. The van der Waals surface area contributed by atoms with Crippen LogP contribution in [0.4, 0.5) is 0 Å². The van der Waals surface area contributed by atoms with Crippen LogP contribution in [0.3, 0.4) is 0 Å². The number of thiazole rings is 1. The number of hydrogen-bond acceptors (Lipinski definition) is 4. The van der Waals surface area contributed by atoms with E-state index in [-0.39, 0.29) is 5.56 Å². The lowest BCUT2D eigenvalue weighted by atomic mass is 9.79. The molecule has 0 spiro atoms. The molecular formula is C22H25N3OS. The molecule has 0 amide bonds. The monoisotopic (exact) mass is 379 g/mol. The SMILES string of the molecule is Cc1ccc(=O)n(-c2ccc3nc([C@H]4C[C@H](N5CCC[C@H]5C)C4)sc3c2)c1. The van der Waals surface area contributed by atoms with Crippen molar-refractivity contribution in [1.82, 2.24) is 14.5 Å². The van der Waals surface area contributed by atoms with E-state index in [0.717, 1.165) is 28.9 Å². The van der Waals surface area contributed by atoms with Gasteiger partial charge in [-0.25, -0.2) is 4.98 Å². The second kappa shape index (κ2) is 6.57. The highest BCUT2D eigenvalue weighted by Gasteiger charge is 2.39. The Kier molecular flexibility index (Phi) is 4.17.